The molecule has 142 valence electrons. The molecule has 0 fully saturated rings. The maximum atomic E-state index is 12.9. The molecule has 2 aromatic carbocycles. The highest BCUT2D eigenvalue weighted by Crippen LogP contribution is 2.27. The Hall–Kier alpha value is -3.07. The van der Waals surface area contributed by atoms with Crippen molar-refractivity contribution in [2.45, 2.75) is 32.2 Å². The molecule has 1 heterocycles. The summed E-state index contributed by atoms with van der Waals surface area (Å²) in [4.78, 5) is 12.9. The van der Waals surface area contributed by atoms with Crippen molar-refractivity contribution in [3.8, 4) is 0 Å². The Balaban J connectivity index is 1.68. The van der Waals surface area contributed by atoms with E-state index in [0.717, 1.165) is 24.2 Å². The van der Waals surface area contributed by atoms with Crippen LogP contribution in [0, 0.1) is 0 Å². The molecule has 1 aliphatic carbocycles. The number of aryl methyl sites for hydroxylation is 1. The van der Waals surface area contributed by atoms with Crippen LogP contribution in [0.3, 0.4) is 0 Å². The van der Waals surface area contributed by atoms with Gasteiger partial charge in [0.2, 0.25) is 0 Å². The van der Waals surface area contributed by atoms with E-state index in [4.69, 9.17) is 0 Å². The van der Waals surface area contributed by atoms with Gasteiger partial charge in [-0.1, -0.05) is 60.7 Å². The van der Waals surface area contributed by atoms with E-state index in [0.29, 0.717) is 12.1 Å². The van der Waals surface area contributed by atoms with E-state index in [1.807, 2.05) is 48.5 Å². The Morgan fingerprint density at radius 3 is 2.39 bits per heavy atom. The Labute approximate surface area is 166 Å². The van der Waals surface area contributed by atoms with Crippen LogP contribution in [0.4, 0.5) is 0 Å². The molecule has 0 unspecified atom stereocenters. The Kier molecular flexibility index (Phi) is 5.43. The molecular weight excluding hydrogens is 344 g/mol. The zero-order valence-electron chi connectivity index (χ0n) is 16.3. The molecule has 0 bridgehead atoms. The summed E-state index contributed by atoms with van der Waals surface area (Å²) in [5.74, 6) is 0.0235. The summed E-state index contributed by atoms with van der Waals surface area (Å²) in [7, 11) is 2.12. The summed E-state index contributed by atoms with van der Waals surface area (Å²) in [6.07, 6.45) is 6.48. The van der Waals surface area contributed by atoms with Gasteiger partial charge in [0.25, 0.3) is 0 Å². The lowest BCUT2D eigenvalue weighted by molar-refractivity contribution is 0.104. The van der Waals surface area contributed by atoms with Crippen LogP contribution < -0.4 is 5.32 Å². The number of fused-ring (bicyclic) bond motifs is 1. The van der Waals surface area contributed by atoms with Gasteiger partial charge in [-0.3, -0.25) is 4.79 Å². The van der Waals surface area contributed by atoms with Crippen molar-refractivity contribution in [2.75, 3.05) is 0 Å². The zero-order valence-corrected chi connectivity index (χ0v) is 16.3. The molecule has 1 N–H and O–H groups in total. The smallest absolute Gasteiger partial charge is 0.187 e. The molecular formula is C25H26N2O. The molecule has 3 nitrogen and oxygen atoms in total. The number of carbonyl (C=O) groups is 1. The molecule has 28 heavy (non-hydrogen) atoms. The summed E-state index contributed by atoms with van der Waals surface area (Å²) in [5, 5.41) is 3.52. The third kappa shape index (κ3) is 3.94. The van der Waals surface area contributed by atoms with E-state index in [1.165, 1.54) is 29.7 Å². The average molecular weight is 370 g/mol. The van der Waals surface area contributed by atoms with Crippen LogP contribution in [-0.2, 0) is 26.4 Å². The minimum Gasteiger partial charge on any atom is -0.379 e. The molecule has 0 atom stereocenters. The average Bonchev–Trinajstić information content (AvgIpc) is 3.09. The summed E-state index contributed by atoms with van der Waals surface area (Å²) < 4.78 is 2.26. The highest BCUT2D eigenvalue weighted by Gasteiger charge is 2.19. The third-order valence-corrected chi connectivity index (χ3v) is 5.49. The fourth-order valence-corrected chi connectivity index (χ4v) is 3.94. The van der Waals surface area contributed by atoms with E-state index < -0.39 is 0 Å². The molecule has 3 heteroatoms. The predicted molar refractivity (Wildman–Crippen MR) is 114 cm³/mol. The normalized spacial score (nSPS) is 13.8. The SMILES string of the molecule is Cn1c(/C(=C\C(=O)c2ccccc2)NCc2ccccc2)cc2c1CCCC2. The summed E-state index contributed by atoms with van der Waals surface area (Å²) in [6, 6.07) is 22.0. The topological polar surface area (TPSA) is 34.0 Å². The van der Waals surface area contributed by atoms with Crippen LogP contribution in [0.25, 0.3) is 5.70 Å². The van der Waals surface area contributed by atoms with Gasteiger partial charge in [-0.15, -0.1) is 0 Å². The second kappa shape index (κ2) is 8.30. The van der Waals surface area contributed by atoms with Crippen molar-refractivity contribution in [2.24, 2.45) is 7.05 Å². The monoisotopic (exact) mass is 370 g/mol. The van der Waals surface area contributed by atoms with E-state index in [-0.39, 0.29) is 5.78 Å². The summed E-state index contributed by atoms with van der Waals surface area (Å²) in [6.45, 7) is 0.685. The molecule has 0 saturated heterocycles. The van der Waals surface area contributed by atoms with Crippen LogP contribution in [0.15, 0.2) is 72.8 Å². The van der Waals surface area contributed by atoms with Crippen molar-refractivity contribution < 1.29 is 4.79 Å². The van der Waals surface area contributed by atoms with Gasteiger partial charge in [-0.25, -0.2) is 0 Å². The van der Waals surface area contributed by atoms with E-state index in [1.54, 1.807) is 6.08 Å². The van der Waals surface area contributed by atoms with Crippen molar-refractivity contribution in [1.29, 1.82) is 0 Å². The van der Waals surface area contributed by atoms with Crippen LogP contribution in [0.1, 0.15) is 45.7 Å². The number of rotatable bonds is 6. The van der Waals surface area contributed by atoms with E-state index >= 15 is 0 Å². The molecule has 1 aliphatic rings. The summed E-state index contributed by atoms with van der Waals surface area (Å²) >= 11 is 0. The van der Waals surface area contributed by atoms with Crippen LogP contribution in [0.5, 0.6) is 0 Å². The first kappa shape index (κ1) is 18.3. The third-order valence-electron chi connectivity index (χ3n) is 5.49. The van der Waals surface area contributed by atoms with Crippen LogP contribution >= 0.6 is 0 Å². The number of hydrogen-bond donors (Lipinski definition) is 1. The largest absolute Gasteiger partial charge is 0.379 e. The molecule has 0 aliphatic heterocycles. The number of benzene rings is 2. The van der Waals surface area contributed by atoms with Gasteiger partial charge in [0.05, 0.1) is 11.4 Å². The molecule has 0 amide bonds. The number of nitrogens with zero attached hydrogens (tertiary/aromatic N) is 1. The van der Waals surface area contributed by atoms with Crippen molar-refractivity contribution in [3.63, 3.8) is 0 Å². The standard InChI is InChI=1S/C25H26N2O/c1-27-23-15-9-8-14-21(23)16-24(27)22(26-18-19-10-4-2-5-11-19)17-25(28)20-12-6-3-7-13-20/h2-7,10-13,16-17,26H,8-9,14-15,18H2,1H3/b22-17+. The molecule has 1 aromatic heterocycles. The van der Waals surface area contributed by atoms with Crippen LogP contribution in [0.2, 0.25) is 0 Å². The quantitative estimate of drug-likeness (QED) is 0.494. The molecule has 0 saturated carbocycles. The number of hydrogen-bond acceptors (Lipinski definition) is 2. The van der Waals surface area contributed by atoms with Crippen molar-refractivity contribution >= 4 is 11.5 Å². The minimum atomic E-state index is 0.0235. The molecule has 0 radical (unpaired) electrons. The number of aromatic nitrogens is 1. The highest BCUT2D eigenvalue weighted by molar-refractivity contribution is 6.08. The second-order valence-electron chi connectivity index (χ2n) is 7.40. The van der Waals surface area contributed by atoms with Crippen molar-refractivity contribution in [3.05, 3.63) is 101 Å². The lowest BCUT2D eigenvalue weighted by atomic mass is 9.98. The number of allylic oxidation sites excluding steroid dienone is 1. The molecule has 3 aromatic rings. The fraction of sp³-hybridized carbons (Fsp3) is 0.240. The zero-order chi connectivity index (χ0) is 19.3. The maximum absolute atomic E-state index is 12.9. The number of nitrogens with one attached hydrogen (secondary N) is 1. The number of carbonyl (C=O) groups excluding carboxylic acids is 1. The van der Waals surface area contributed by atoms with Gasteiger partial charge in [0.1, 0.15) is 0 Å². The predicted octanol–water partition coefficient (Wildman–Crippen LogP) is 4.92. The molecule has 4 rings (SSSR count). The first-order valence-corrected chi connectivity index (χ1v) is 9.99. The lowest BCUT2D eigenvalue weighted by Crippen LogP contribution is -2.16. The van der Waals surface area contributed by atoms with Gasteiger partial charge in [0.15, 0.2) is 5.78 Å². The first-order valence-electron chi connectivity index (χ1n) is 9.99. The van der Waals surface area contributed by atoms with Gasteiger partial charge in [-0.05, 0) is 42.9 Å². The highest BCUT2D eigenvalue weighted by atomic mass is 16.1. The summed E-state index contributed by atoms with van der Waals surface area (Å²) in [5.41, 5.74) is 6.70. The van der Waals surface area contributed by atoms with Gasteiger partial charge in [-0.2, -0.15) is 0 Å². The van der Waals surface area contributed by atoms with Gasteiger partial charge in [0, 0.05) is 30.9 Å². The maximum Gasteiger partial charge on any atom is 0.187 e. The lowest BCUT2D eigenvalue weighted by Gasteiger charge is -2.15. The van der Waals surface area contributed by atoms with Crippen LogP contribution in [-0.4, -0.2) is 10.4 Å². The molecule has 0 spiro atoms. The van der Waals surface area contributed by atoms with E-state index in [9.17, 15) is 4.79 Å². The number of ketones is 1. The van der Waals surface area contributed by atoms with Crippen molar-refractivity contribution in [1.82, 2.24) is 9.88 Å². The minimum absolute atomic E-state index is 0.0235. The van der Waals surface area contributed by atoms with E-state index in [2.05, 4.69) is 35.1 Å². The van der Waals surface area contributed by atoms with Gasteiger partial charge >= 0.3 is 0 Å². The van der Waals surface area contributed by atoms with Gasteiger partial charge < -0.3 is 9.88 Å². The fourth-order valence-electron chi connectivity index (χ4n) is 3.94. The Morgan fingerprint density at radius 2 is 1.68 bits per heavy atom. The Bertz CT molecular complexity index is 984. The second-order valence-corrected chi connectivity index (χ2v) is 7.40. The Morgan fingerprint density at radius 1 is 1.00 bits per heavy atom. The first-order chi connectivity index (χ1) is 13.7.